The van der Waals surface area contributed by atoms with Crippen LogP contribution in [0, 0.1) is 0 Å². The molecule has 0 radical (unpaired) electrons. The molecule has 0 aliphatic heterocycles. The number of thioether (sulfide) groups is 1. The fraction of sp³-hybridized carbons (Fsp3) is 0.167. The zero-order valence-corrected chi connectivity index (χ0v) is 12.4. The Morgan fingerprint density at radius 2 is 1.89 bits per heavy atom. The highest BCUT2D eigenvalue weighted by Gasteiger charge is 2.19. The molecule has 1 atom stereocenters. The first-order chi connectivity index (χ1) is 9.04. The molecule has 0 aliphatic rings. The molecule has 0 spiro atoms. The average Bonchev–Trinajstić information content (AvgIpc) is 2.38. The minimum Gasteiger partial charge on any atom is -0.383 e. The third-order valence-corrected chi connectivity index (χ3v) is 3.88. The molecule has 0 saturated heterocycles. The van der Waals surface area contributed by atoms with Crippen LogP contribution in [0.4, 0.5) is 5.82 Å². The fourth-order valence-corrected chi connectivity index (χ4v) is 2.67. The molecule has 100 valence electrons. The van der Waals surface area contributed by atoms with Gasteiger partial charge < -0.3 is 11.5 Å². The van der Waals surface area contributed by atoms with E-state index in [1.807, 2.05) is 6.26 Å². The smallest absolute Gasteiger partial charge is 0.189 e. The van der Waals surface area contributed by atoms with E-state index in [9.17, 15) is 0 Å². The van der Waals surface area contributed by atoms with Crippen LogP contribution < -0.4 is 11.5 Å². The van der Waals surface area contributed by atoms with Crippen molar-refractivity contribution in [2.45, 2.75) is 11.2 Å². The summed E-state index contributed by atoms with van der Waals surface area (Å²) in [6.07, 6.45) is 3.48. The Balaban J connectivity index is 2.47. The molecule has 2 rings (SSSR count). The van der Waals surface area contributed by atoms with Crippen LogP contribution in [0.5, 0.6) is 0 Å². The maximum absolute atomic E-state index is 6.17. The van der Waals surface area contributed by atoms with Gasteiger partial charge in [0.05, 0.1) is 6.04 Å². The highest BCUT2D eigenvalue weighted by Crippen LogP contribution is 2.34. The van der Waals surface area contributed by atoms with E-state index >= 15 is 0 Å². The van der Waals surface area contributed by atoms with Gasteiger partial charge in [-0.3, -0.25) is 0 Å². The molecule has 0 fully saturated rings. The maximum Gasteiger partial charge on any atom is 0.189 e. The highest BCUT2D eigenvalue weighted by molar-refractivity contribution is 7.98. The van der Waals surface area contributed by atoms with Crippen LogP contribution >= 0.6 is 35.0 Å². The molecule has 2 aromatic rings. The third kappa shape index (κ3) is 2.95. The summed E-state index contributed by atoms with van der Waals surface area (Å²) in [6, 6.07) is 4.67. The SMILES string of the molecule is CSc1ncc(C(N)c2c(Cl)cccc2Cl)c(N)n1. The van der Waals surface area contributed by atoms with Gasteiger partial charge in [-0.2, -0.15) is 0 Å². The summed E-state index contributed by atoms with van der Waals surface area (Å²) in [4.78, 5) is 8.33. The molecule has 0 bridgehead atoms. The predicted octanol–water partition coefficient (Wildman–Crippen LogP) is 3.14. The molecular formula is C12H12Cl2N4S. The second kappa shape index (κ2) is 5.96. The van der Waals surface area contributed by atoms with E-state index in [-0.39, 0.29) is 0 Å². The lowest BCUT2D eigenvalue weighted by Crippen LogP contribution is -2.16. The Kier molecular flexibility index (Phi) is 4.52. The topological polar surface area (TPSA) is 77.8 Å². The van der Waals surface area contributed by atoms with Crippen molar-refractivity contribution < 1.29 is 0 Å². The van der Waals surface area contributed by atoms with Crippen molar-refractivity contribution in [3.8, 4) is 0 Å². The first-order valence-electron chi connectivity index (χ1n) is 5.40. The number of anilines is 1. The number of rotatable bonds is 3. The summed E-state index contributed by atoms with van der Waals surface area (Å²) in [6.45, 7) is 0. The molecule has 1 aromatic carbocycles. The minimum atomic E-state index is -0.558. The number of halogens is 2. The Labute approximate surface area is 125 Å². The maximum atomic E-state index is 6.17. The lowest BCUT2D eigenvalue weighted by Gasteiger charge is -2.17. The Morgan fingerprint density at radius 3 is 2.42 bits per heavy atom. The van der Waals surface area contributed by atoms with Gasteiger partial charge >= 0.3 is 0 Å². The summed E-state index contributed by atoms with van der Waals surface area (Å²) in [7, 11) is 0. The zero-order valence-electron chi connectivity index (χ0n) is 10.1. The van der Waals surface area contributed by atoms with Gasteiger partial charge in [-0.15, -0.1) is 0 Å². The van der Waals surface area contributed by atoms with Gasteiger partial charge in [-0.1, -0.05) is 41.0 Å². The quantitative estimate of drug-likeness (QED) is 0.672. The van der Waals surface area contributed by atoms with Crippen LogP contribution in [0.1, 0.15) is 17.2 Å². The van der Waals surface area contributed by atoms with E-state index < -0.39 is 6.04 Å². The highest BCUT2D eigenvalue weighted by atomic mass is 35.5. The number of benzene rings is 1. The molecule has 0 amide bonds. The molecule has 0 saturated carbocycles. The first kappa shape index (κ1) is 14.4. The van der Waals surface area contributed by atoms with Gasteiger partial charge in [0, 0.05) is 27.4 Å². The summed E-state index contributed by atoms with van der Waals surface area (Å²) >= 11 is 13.7. The summed E-state index contributed by atoms with van der Waals surface area (Å²) in [5.41, 5.74) is 13.3. The van der Waals surface area contributed by atoms with Crippen LogP contribution in [0.3, 0.4) is 0 Å². The number of nitrogens with zero attached hydrogens (tertiary/aromatic N) is 2. The number of nitrogen functional groups attached to an aromatic ring is 1. The summed E-state index contributed by atoms with van der Waals surface area (Å²) in [5, 5.41) is 1.58. The van der Waals surface area contributed by atoms with Gasteiger partial charge in [0.2, 0.25) is 0 Å². The van der Waals surface area contributed by atoms with Crippen molar-refractivity contribution in [2.24, 2.45) is 5.73 Å². The first-order valence-corrected chi connectivity index (χ1v) is 7.38. The zero-order chi connectivity index (χ0) is 14.0. The van der Waals surface area contributed by atoms with Crippen molar-refractivity contribution >= 4 is 40.8 Å². The number of hydrogen-bond acceptors (Lipinski definition) is 5. The lowest BCUT2D eigenvalue weighted by atomic mass is 10.0. The Hall–Kier alpha value is -1.01. The van der Waals surface area contributed by atoms with Crippen LogP contribution in [0.25, 0.3) is 0 Å². The van der Waals surface area contributed by atoms with Crippen LogP contribution in [0.2, 0.25) is 10.0 Å². The molecule has 1 unspecified atom stereocenters. The summed E-state index contributed by atoms with van der Waals surface area (Å²) in [5.74, 6) is 0.336. The summed E-state index contributed by atoms with van der Waals surface area (Å²) < 4.78 is 0. The Morgan fingerprint density at radius 1 is 1.26 bits per heavy atom. The minimum absolute atomic E-state index is 0.336. The second-order valence-electron chi connectivity index (χ2n) is 3.81. The van der Waals surface area contributed by atoms with Crippen LogP contribution in [-0.2, 0) is 0 Å². The number of aromatic nitrogens is 2. The molecular weight excluding hydrogens is 303 g/mol. The van der Waals surface area contributed by atoms with Crippen molar-refractivity contribution in [3.63, 3.8) is 0 Å². The van der Waals surface area contributed by atoms with Crippen molar-refractivity contribution in [2.75, 3.05) is 12.0 Å². The molecule has 0 aliphatic carbocycles. The predicted molar refractivity (Wildman–Crippen MR) is 80.7 cm³/mol. The monoisotopic (exact) mass is 314 g/mol. The van der Waals surface area contributed by atoms with Gasteiger partial charge in [-0.25, -0.2) is 9.97 Å². The normalized spacial score (nSPS) is 12.4. The number of nitrogens with two attached hydrogens (primary N) is 2. The van der Waals surface area contributed by atoms with Crippen LogP contribution in [0.15, 0.2) is 29.6 Å². The Bertz CT molecular complexity index is 586. The van der Waals surface area contributed by atoms with Gasteiger partial charge in [0.15, 0.2) is 5.16 Å². The molecule has 1 heterocycles. The van der Waals surface area contributed by atoms with E-state index in [0.29, 0.717) is 32.1 Å². The van der Waals surface area contributed by atoms with Crippen molar-refractivity contribution in [1.29, 1.82) is 0 Å². The largest absolute Gasteiger partial charge is 0.383 e. The van der Waals surface area contributed by atoms with Gasteiger partial charge in [0.1, 0.15) is 5.82 Å². The lowest BCUT2D eigenvalue weighted by molar-refractivity contribution is 0.834. The number of hydrogen-bond donors (Lipinski definition) is 2. The van der Waals surface area contributed by atoms with E-state index in [1.165, 1.54) is 11.8 Å². The standard InChI is InChI=1S/C12H12Cl2N4S/c1-19-12-17-5-6(11(16)18-12)10(15)9-7(13)3-2-4-8(9)14/h2-5,10H,15H2,1H3,(H2,16,17,18). The van der Waals surface area contributed by atoms with Gasteiger partial charge in [-0.05, 0) is 18.4 Å². The molecule has 19 heavy (non-hydrogen) atoms. The molecule has 4 nitrogen and oxygen atoms in total. The van der Waals surface area contributed by atoms with E-state index in [0.717, 1.165) is 0 Å². The van der Waals surface area contributed by atoms with Crippen molar-refractivity contribution in [1.82, 2.24) is 9.97 Å². The van der Waals surface area contributed by atoms with E-state index in [1.54, 1.807) is 24.4 Å². The fourth-order valence-electron chi connectivity index (χ4n) is 1.69. The van der Waals surface area contributed by atoms with E-state index in [2.05, 4.69) is 9.97 Å². The third-order valence-electron chi connectivity index (χ3n) is 2.65. The van der Waals surface area contributed by atoms with Crippen molar-refractivity contribution in [3.05, 3.63) is 45.6 Å². The molecule has 1 aromatic heterocycles. The second-order valence-corrected chi connectivity index (χ2v) is 5.40. The molecule has 4 N–H and O–H groups in total. The van der Waals surface area contributed by atoms with E-state index in [4.69, 9.17) is 34.7 Å². The van der Waals surface area contributed by atoms with Gasteiger partial charge in [0.25, 0.3) is 0 Å². The van der Waals surface area contributed by atoms with Crippen LogP contribution in [-0.4, -0.2) is 16.2 Å². The molecule has 7 heteroatoms. The average molecular weight is 315 g/mol.